The summed E-state index contributed by atoms with van der Waals surface area (Å²) >= 11 is 1.35. The summed E-state index contributed by atoms with van der Waals surface area (Å²) < 4.78 is 7.32. The van der Waals surface area contributed by atoms with Crippen molar-refractivity contribution in [2.45, 2.75) is 17.8 Å². The molecule has 0 radical (unpaired) electrons. The van der Waals surface area contributed by atoms with Crippen LogP contribution in [0.15, 0.2) is 92.0 Å². The first-order valence-electron chi connectivity index (χ1n) is 10.7. The van der Waals surface area contributed by atoms with E-state index in [4.69, 9.17) is 9.40 Å². The fourth-order valence-electron chi connectivity index (χ4n) is 4.08. The van der Waals surface area contributed by atoms with Crippen molar-refractivity contribution in [1.82, 2.24) is 19.5 Å². The lowest BCUT2D eigenvalue weighted by molar-refractivity contribution is 0.660. The zero-order valence-electron chi connectivity index (χ0n) is 18.1. The van der Waals surface area contributed by atoms with Crippen LogP contribution in [-0.2, 0) is 5.75 Å². The molecule has 0 aliphatic carbocycles. The number of H-pyrrole nitrogens is 1. The highest BCUT2D eigenvalue weighted by Gasteiger charge is 2.17. The van der Waals surface area contributed by atoms with Crippen LogP contribution in [0.5, 0.6) is 0 Å². The molecule has 0 aliphatic heterocycles. The van der Waals surface area contributed by atoms with E-state index in [0.717, 1.165) is 16.6 Å². The Bertz CT molecular complexity index is 1830. The van der Waals surface area contributed by atoms with Gasteiger partial charge in [0.05, 0.1) is 22.3 Å². The number of rotatable bonds is 4. The van der Waals surface area contributed by atoms with Gasteiger partial charge in [0, 0.05) is 5.39 Å². The number of aryl methyl sites for hydroxylation is 1. The summed E-state index contributed by atoms with van der Waals surface area (Å²) in [4.78, 5) is 38.4. The lowest BCUT2D eigenvalue weighted by atomic mass is 10.2. The molecule has 6 rings (SSSR count). The number of hydrogen-bond donors (Lipinski definition) is 1. The Morgan fingerprint density at radius 2 is 1.65 bits per heavy atom. The molecule has 0 atom stereocenters. The SMILES string of the molecule is Cc1ccccc1-n1c(SCc2nc3c(oc4ccccc43)c(=O)[nH]2)nc2ccccc2c1=O. The zero-order chi connectivity index (χ0) is 23.2. The Kier molecular flexibility index (Phi) is 4.81. The first kappa shape index (κ1) is 20.4. The normalized spacial score (nSPS) is 11.6. The van der Waals surface area contributed by atoms with E-state index in [0.29, 0.717) is 38.7 Å². The number of hydrogen-bond acceptors (Lipinski definition) is 6. The maximum Gasteiger partial charge on any atom is 0.294 e. The van der Waals surface area contributed by atoms with Crippen molar-refractivity contribution < 1.29 is 4.42 Å². The molecule has 0 saturated heterocycles. The molecule has 3 aromatic carbocycles. The van der Waals surface area contributed by atoms with Crippen LogP contribution in [0.2, 0.25) is 0 Å². The van der Waals surface area contributed by atoms with Crippen LogP contribution in [0.3, 0.4) is 0 Å². The minimum absolute atomic E-state index is 0.139. The van der Waals surface area contributed by atoms with Gasteiger partial charge in [0.25, 0.3) is 11.1 Å². The topological polar surface area (TPSA) is 93.8 Å². The number of thioether (sulfide) groups is 1. The van der Waals surface area contributed by atoms with E-state index < -0.39 is 0 Å². The molecule has 0 fully saturated rings. The number of nitrogens with zero attached hydrogens (tertiary/aromatic N) is 3. The molecule has 34 heavy (non-hydrogen) atoms. The van der Waals surface area contributed by atoms with Gasteiger partial charge in [-0.25, -0.2) is 9.97 Å². The van der Waals surface area contributed by atoms with Gasteiger partial charge in [0.2, 0.25) is 5.58 Å². The second-order valence-corrected chi connectivity index (χ2v) is 8.86. The van der Waals surface area contributed by atoms with Crippen molar-refractivity contribution in [1.29, 1.82) is 0 Å². The summed E-state index contributed by atoms with van der Waals surface area (Å²) in [6.45, 7) is 1.96. The number of aromatic nitrogens is 4. The van der Waals surface area contributed by atoms with Crippen LogP contribution in [0.25, 0.3) is 38.7 Å². The summed E-state index contributed by atoms with van der Waals surface area (Å²) in [6.07, 6.45) is 0. The molecule has 6 aromatic rings. The maximum atomic E-state index is 13.5. The van der Waals surface area contributed by atoms with E-state index in [2.05, 4.69) is 9.97 Å². The molecule has 7 nitrogen and oxygen atoms in total. The van der Waals surface area contributed by atoms with Crippen LogP contribution >= 0.6 is 11.8 Å². The van der Waals surface area contributed by atoms with Gasteiger partial charge >= 0.3 is 0 Å². The maximum absolute atomic E-state index is 13.5. The van der Waals surface area contributed by atoms with E-state index >= 15 is 0 Å². The highest BCUT2D eigenvalue weighted by molar-refractivity contribution is 7.98. The molecular formula is C26H18N4O3S. The van der Waals surface area contributed by atoms with Crippen molar-refractivity contribution in [3.63, 3.8) is 0 Å². The molecular weight excluding hydrogens is 448 g/mol. The number of benzene rings is 3. The number of aromatic amines is 1. The average Bonchev–Trinajstić information content (AvgIpc) is 3.23. The van der Waals surface area contributed by atoms with Crippen LogP contribution in [0.1, 0.15) is 11.4 Å². The van der Waals surface area contributed by atoms with Crippen LogP contribution < -0.4 is 11.1 Å². The van der Waals surface area contributed by atoms with Crippen molar-refractivity contribution in [3.8, 4) is 5.69 Å². The predicted octanol–water partition coefficient (Wildman–Crippen LogP) is 4.97. The van der Waals surface area contributed by atoms with Crippen LogP contribution in [-0.4, -0.2) is 19.5 Å². The van der Waals surface area contributed by atoms with Crippen molar-refractivity contribution in [2.75, 3.05) is 0 Å². The standard InChI is InChI=1S/C26H18N4O3S/c1-15-8-2-6-12-19(15)30-25(32)16-9-3-5-11-18(16)27-26(30)34-14-21-28-22-17-10-4-7-13-20(17)33-23(22)24(31)29-21/h2-13H,14H2,1H3,(H,28,29,31). The Labute approximate surface area is 197 Å². The number of furan rings is 1. The molecule has 8 heteroatoms. The molecule has 166 valence electrons. The third-order valence-electron chi connectivity index (χ3n) is 5.72. The summed E-state index contributed by atoms with van der Waals surface area (Å²) in [7, 11) is 0. The third-order valence-corrected chi connectivity index (χ3v) is 6.67. The van der Waals surface area contributed by atoms with E-state index in [1.807, 2.05) is 73.7 Å². The quantitative estimate of drug-likeness (QED) is 0.291. The van der Waals surface area contributed by atoms with Gasteiger partial charge in [-0.2, -0.15) is 0 Å². The predicted molar refractivity (Wildman–Crippen MR) is 134 cm³/mol. The molecule has 0 saturated carbocycles. The first-order valence-corrected chi connectivity index (χ1v) is 11.7. The van der Waals surface area contributed by atoms with Gasteiger partial charge in [0.1, 0.15) is 16.9 Å². The van der Waals surface area contributed by atoms with E-state index in [1.165, 1.54) is 11.8 Å². The molecule has 0 amide bonds. The van der Waals surface area contributed by atoms with Gasteiger partial charge in [-0.1, -0.05) is 54.2 Å². The Balaban J connectivity index is 1.48. The van der Waals surface area contributed by atoms with Gasteiger partial charge in [-0.15, -0.1) is 0 Å². The lowest BCUT2D eigenvalue weighted by Gasteiger charge is -2.15. The van der Waals surface area contributed by atoms with E-state index in [-0.39, 0.29) is 16.7 Å². The average molecular weight is 467 g/mol. The zero-order valence-corrected chi connectivity index (χ0v) is 18.9. The first-order chi connectivity index (χ1) is 16.6. The van der Waals surface area contributed by atoms with Crippen LogP contribution in [0, 0.1) is 6.92 Å². The van der Waals surface area contributed by atoms with Crippen molar-refractivity contribution >= 4 is 44.7 Å². The second kappa shape index (κ2) is 8.00. The minimum atomic E-state index is -0.334. The fraction of sp³-hybridized carbons (Fsp3) is 0.0769. The summed E-state index contributed by atoms with van der Waals surface area (Å²) in [5.41, 5.74) is 3.22. The largest absolute Gasteiger partial charge is 0.449 e. The Hall–Kier alpha value is -4.17. The minimum Gasteiger partial charge on any atom is -0.449 e. The van der Waals surface area contributed by atoms with Gasteiger partial charge < -0.3 is 9.40 Å². The number of nitrogens with one attached hydrogen (secondary N) is 1. The van der Waals surface area contributed by atoms with Gasteiger partial charge in [-0.05, 0) is 42.8 Å². The molecule has 3 heterocycles. The highest BCUT2D eigenvalue weighted by Crippen LogP contribution is 2.27. The summed E-state index contributed by atoms with van der Waals surface area (Å²) in [5, 5.41) is 1.86. The molecule has 3 aromatic heterocycles. The molecule has 0 bridgehead atoms. The molecule has 0 aliphatic rings. The smallest absolute Gasteiger partial charge is 0.294 e. The number of para-hydroxylation sites is 3. The van der Waals surface area contributed by atoms with Crippen molar-refractivity contribution in [3.05, 3.63) is 105 Å². The fourth-order valence-corrected chi connectivity index (χ4v) is 4.96. The Morgan fingerprint density at radius 1 is 0.912 bits per heavy atom. The van der Waals surface area contributed by atoms with Crippen LogP contribution in [0.4, 0.5) is 0 Å². The van der Waals surface area contributed by atoms with Gasteiger partial charge in [-0.3, -0.25) is 14.2 Å². The third kappa shape index (κ3) is 3.31. The monoisotopic (exact) mass is 466 g/mol. The summed E-state index contributed by atoms with van der Waals surface area (Å²) in [5.74, 6) is 0.800. The van der Waals surface area contributed by atoms with Crippen molar-refractivity contribution in [2.24, 2.45) is 0 Å². The highest BCUT2D eigenvalue weighted by atomic mass is 32.2. The number of fused-ring (bicyclic) bond motifs is 4. The molecule has 1 N–H and O–H groups in total. The molecule has 0 unspecified atom stereocenters. The lowest BCUT2D eigenvalue weighted by Crippen LogP contribution is -2.22. The van der Waals surface area contributed by atoms with E-state index in [1.54, 1.807) is 10.6 Å². The van der Waals surface area contributed by atoms with E-state index in [9.17, 15) is 9.59 Å². The summed E-state index contributed by atoms with van der Waals surface area (Å²) in [6, 6.07) is 22.4. The Morgan fingerprint density at radius 3 is 2.50 bits per heavy atom. The van der Waals surface area contributed by atoms with Gasteiger partial charge in [0.15, 0.2) is 5.16 Å². The molecule has 0 spiro atoms. The second-order valence-electron chi connectivity index (χ2n) is 7.92.